The van der Waals surface area contributed by atoms with Gasteiger partial charge in [0, 0.05) is 29.8 Å². The van der Waals surface area contributed by atoms with E-state index in [1.807, 2.05) is 32.2 Å². The van der Waals surface area contributed by atoms with E-state index in [2.05, 4.69) is 4.90 Å². The molecular formula is C14H21ClN2O2S. The predicted molar refractivity (Wildman–Crippen MR) is 84.3 cm³/mol. The molecule has 0 aliphatic carbocycles. The highest BCUT2D eigenvalue weighted by molar-refractivity contribution is 7.91. The number of anilines is 1. The van der Waals surface area contributed by atoms with Gasteiger partial charge in [0.2, 0.25) is 0 Å². The number of rotatable bonds is 4. The summed E-state index contributed by atoms with van der Waals surface area (Å²) >= 11 is 6.05. The van der Waals surface area contributed by atoms with Crippen LogP contribution < -0.4 is 10.6 Å². The lowest BCUT2D eigenvalue weighted by atomic mass is 10.0. The molecule has 0 spiro atoms. The first-order chi connectivity index (χ1) is 9.28. The van der Waals surface area contributed by atoms with Gasteiger partial charge in [-0.3, -0.25) is 0 Å². The zero-order valence-corrected chi connectivity index (χ0v) is 13.4. The Kier molecular flexibility index (Phi) is 4.62. The standard InChI is InChI=1S/C14H21ClN2O2S/c1-10(16)7-11-8-12(15)3-4-14(11)17(2)13-5-6-20(18,19)9-13/h3-4,8,10,13H,5-7,9,16H2,1-2H3. The van der Waals surface area contributed by atoms with E-state index in [0.717, 1.165) is 17.7 Å². The number of hydrogen-bond donors (Lipinski definition) is 1. The van der Waals surface area contributed by atoms with Gasteiger partial charge in [-0.1, -0.05) is 11.6 Å². The number of nitrogens with two attached hydrogens (primary N) is 1. The van der Waals surface area contributed by atoms with Crippen molar-refractivity contribution in [2.45, 2.75) is 31.8 Å². The van der Waals surface area contributed by atoms with Gasteiger partial charge in [-0.05, 0) is 43.5 Å². The Labute approximate surface area is 125 Å². The first-order valence-corrected chi connectivity index (χ1v) is 8.96. The van der Waals surface area contributed by atoms with Crippen molar-refractivity contribution in [3.63, 3.8) is 0 Å². The van der Waals surface area contributed by atoms with Crippen molar-refractivity contribution < 1.29 is 8.42 Å². The summed E-state index contributed by atoms with van der Waals surface area (Å²) in [5.41, 5.74) is 7.97. The molecule has 2 unspecified atom stereocenters. The molecule has 1 aromatic carbocycles. The van der Waals surface area contributed by atoms with E-state index in [0.29, 0.717) is 11.4 Å². The van der Waals surface area contributed by atoms with Gasteiger partial charge >= 0.3 is 0 Å². The second kappa shape index (κ2) is 5.92. The van der Waals surface area contributed by atoms with Crippen LogP contribution in [0.4, 0.5) is 5.69 Å². The van der Waals surface area contributed by atoms with Gasteiger partial charge in [0.25, 0.3) is 0 Å². The molecule has 0 saturated carbocycles. The summed E-state index contributed by atoms with van der Waals surface area (Å²) in [6.07, 6.45) is 1.40. The average Bonchev–Trinajstić information content (AvgIpc) is 2.68. The molecule has 1 aliphatic rings. The van der Waals surface area contributed by atoms with Gasteiger partial charge < -0.3 is 10.6 Å². The van der Waals surface area contributed by atoms with E-state index in [-0.39, 0.29) is 23.6 Å². The first-order valence-electron chi connectivity index (χ1n) is 6.76. The van der Waals surface area contributed by atoms with E-state index in [9.17, 15) is 8.42 Å². The smallest absolute Gasteiger partial charge is 0.152 e. The largest absolute Gasteiger partial charge is 0.370 e. The van der Waals surface area contributed by atoms with Crippen LogP contribution in [0.5, 0.6) is 0 Å². The van der Waals surface area contributed by atoms with Gasteiger partial charge in [-0.15, -0.1) is 0 Å². The van der Waals surface area contributed by atoms with Crippen LogP contribution in [-0.2, 0) is 16.3 Å². The quantitative estimate of drug-likeness (QED) is 0.921. The van der Waals surface area contributed by atoms with E-state index < -0.39 is 9.84 Å². The Morgan fingerprint density at radius 2 is 2.20 bits per heavy atom. The van der Waals surface area contributed by atoms with E-state index >= 15 is 0 Å². The predicted octanol–water partition coefficient (Wildman–Crippen LogP) is 1.85. The molecule has 0 bridgehead atoms. The lowest BCUT2D eigenvalue weighted by molar-refractivity contribution is 0.600. The fourth-order valence-electron chi connectivity index (χ4n) is 2.69. The van der Waals surface area contributed by atoms with E-state index in [4.69, 9.17) is 17.3 Å². The van der Waals surface area contributed by atoms with Crippen LogP contribution in [0.2, 0.25) is 5.02 Å². The molecule has 1 saturated heterocycles. The monoisotopic (exact) mass is 316 g/mol. The Balaban J connectivity index is 2.27. The molecule has 1 fully saturated rings. The molecule has 1 aromatic rings. The maximum atomic E-state index is 11.6. The molecule has 0 amide bonds. The van der Waals surface area contributed by atoms with E-state index in [1.165, 1.54) is 0 Å². The Hall–Kier alpha value is -0.780. The Bertz CT molecular complexity index is 587. The fraction of sp³-hybridized carbons (Fsp3) is 0.571. The van der Waals surface area contributed by atoms with Gasteiger partial charge in [0.15, 0.2) is 9.84 Å². The minimum atomic E-state index is -2.88. The lowest BCUT2D eigenvalue weighted by Gasteiger charge is -2.28. The summed E-state index contributed by atoms with van der Waals surface area (Å²) < 4.78 is 23.3. The molecule has 1 aliphatic heterocycles. The summed E-state index contributed by atoms with van der Waals surface area (Å²) in [5, 5.41) is 0.678. The molecule has 2 atom stereocenters. The van der Waals surface area contributed by atoms with Crippen LogP contribution in [0, 0.1) is 0 Å². The topological polar surface area (TPSA) is 63.4 Å². The van der Waals surface area contributed by atoms with Crippen molar-refractivity contribution >= 4 is 27.1 Å². The van der Waals surface area contributed by atoms with E-state index in [1.54, 1.807) is 0 Å². The maximum absolute atomic E-state index is 11.6. The molecule has 6 heteroatoms. The summed E-state index contributed by atoms with van der Waals surface area (Å²) in [5.74, 6) is 0.502. The molecule has 112 valence electrons. The highest BCUT2D eigenvalue weighted by Crippen LogP contribution is 2.29. The second-order valence-electron chi connectivity index (χ2n) is 5.62. The van der Waals surface area contributed by atoms with Crippen LogP contribution in [0.25, 0.3) is 0 Å². The zero-order valence-electron chi connectivity index (χ0n) is 11.8. The summed E-state index contributed by atoms with van der Waals surface area (Å²) in [6, 6.07) is 5.77. The lowest BCUT2D eigenvalue weighted by Crippen LogP contribution is -2.33. The highest BCUT2D eigenvalue weighted by Gasteiger charge is 2.31. The third-order valence-corrected chi connectivity index (χ3v) is 5.70. The van der Waals surface area contributed by atoms with Crippen molar-refractivity contribution in [3.8, 4) is 0 Å². The SMILES string of the molecule is CC(N)Cc1cc(Cl)ccc1N(C)C1CCS(=O)(=O)C1. The second-order valence-corrected chi connectivity index (χ2v) is 8.29. The van der Waals surface area contributed by atoms with Crippen LogP contribution in [0.15, 0.2) is 18.2 Å². The summed E-state index contributed by atoms with van der Waals surface area (Å²) in [7, 11) is -0.941. The third-order valence-electron chi connectivity index (χ3n) is 3.72. The molecule has 1 heterocycles. The Morgan fingerprint density at radius 1 is 1.50 bits per heavy atom. The number of nitrogens with zero attached hydrogens (tertiary/aromatic N) is 1. The Morgan fingerprint density at radius 3 is 2.75 bits per heavy atom. The molecule has 0 aromatic heterocycles. The highest BCUT2D eigenvalue weighted by atomic mass is 35.5. The zero-order chi connectivity index (χ0) is 14.9. The van der Waals surface area contributed by atoms with Crippen LogP contribution >= 0.6 is 11.6 Å². The van der Waals surface area contributed by atoms with Crippen molar-refractivity contribution in [2.24, 2.45) is 5.73 Å². The minimum absolute atomic E-state index is 0.0351. The number of benzene rings is 1. The normalized spacial score (nSPS) is 22.7. The maximum Gasteiger partial charge on any atom is 0.152 e. The number of halogens is 1. The van der Waals surface area contributed by atoms with Gasteiger partial charge in [-0.2, -0.15) is 0 Å². The molecule has 20 heavy (non-hydrogen) atoms. The molecule has 2 N–H and O–H groups in total. The van der Waals surface area contributed by atoms with Crippen LogP contribution in [0.3, 0.4) is 0 Å². The molecule has 0 radical (unpaired) electrons. The van der Waals surface area contributed by atoms with Crippen LogP contribution in [-0.4, -0.2) is 39.1 Å². The van der Waals surface area contributed by atoms with Gasteiger partial charge in [0.1, 0.15) is 0 Å². The van der Waals surface area contributed by atoms with Crippen molar-refractivity contribution in [1.82, 2.24) is 0 Å². The first kappa shape index (κ1) is 15.6. The third kappa shape index (κ3) is 3.65. The fourth-order valence-corrected chi connectivity index (χ4v) is 4.66. The summed E-state index contributed by atoms with van der Waals surface area (Å²) in [6.45, 7) is 1.95. The average molecular weight is 317 g/mol. The molecular weight excluding hydrogens is 296 g/mol. The molecule has 4 nitrogen and oxygen atoms in total. The van der Waals surface area contributed by atoms with Gasteiger partial charge in [-0.25, -0.2) is 8.42 Å². The number of sulfone groups is 1. The number of hydrogen-bond acceptors (Lipinski definition) is 4. The van der Waals surface area contributed by atoms with Crippen molar-refractivity contribution in [3.05, 3.63) is 28.8 Å². The van der Waals surface area contributed by atoms with Gasteiger partial charge in [0.05, 0.1) is 11.5 Å². The van der Waals surface area contributed by atoms with Crippen molar-refractivity contribution in [1.29, 1.82) is 0 Å². The van der Waals surface area contributed by atoms with Crippen LogP contribution in [0.1, 0.15) is 18.9 Å². The summed E-state index contributed by atoms with van der Waals surface area (Å²) in [4.78, 5) is 2.05. The van der Waals surface area contributed by atoms with Crippen molar-refractivity contribution in [2.75, 3.05) is 23.5 Å². The molecule has 2 rings (SSSR count). The minimum Gasteiger partial charge on any atom is -0.370 e.